The van der Waals surface area contributed by atoms with Gasteiger partial charge in [-0.25, -0.2) is 0 Å². The van der Waals surface area contributed by atoms with Gasteiger partial charge in [-0.15, -0.1) is 0 Å². The molecule has 1 unspecified atom stereocenters. The summed E-state index contributed by atoms with van der Waals surface area (Å²) in [4.78, 5) is 0. The molecule has 1 atom stereocenters. The zero-order chi connectivity index (χ0) is 14.0. The molecule has 0 radical (unpaired) electrons. The van der Waals surface area contributed by atoms with Crippen LogP contribution in [0.1, 0.15) is 28.4 Å². The molecule has 0 saturated carbocycles. The monoisotopic (exact) mass is 294 g/mol. The molecular weight excluding hydrogens is 279 g/mol. The van der Waals surface area contributed by atoms with E-state index < -0.39 is 6.10 Å². The van der Waals surface area contributed by atoms with Crippen molar-refractivity contribution < 1.29 is 5.11 Å². The number of halogens is 2. The first kappa shape index (κ1) is 14.4. The Hall–Kier alpha value is -1.02. The highest BCUT2D eigenvalue weighted by molar-refractivity contribution is 6.42. The second-order valence-electron chi connectivity index (χ2n) is 4.77. The quantitative estimate of drug-likeness (QED) is 0.855. The van der Waals surface area contributed by atoms with Crippen molar-refractivity contribution in [2.24, 2.45) is 0 Å². The number of hydrogen-bond donors (Lipinski definition) is 1. The third-order valence-corrected chi connectivity index (χ3v) is 4.03. The van der Waals surface area contributed by atoms with E-state index in [1.807, 2.05) is 38.1 Å². The molecule has 0 spiro atoms. The molecule has 0 aliphatic heterocycles. The fourth-order valence-electron chi connectivity index (χ4n) is 2.34. The molecule has 2 aromatic rings. The van der Waals surface area contributed by atoms with Crippen LogP contribution in [0.25, 0.3) is 0 Å². The molecule has 2 rings (SSSR count). The zero-order valence-corrected chi connectivity index (χ0v) is 12.5. The molecular formula is C16H16Cl2O. The van der Waals surface area contributed by atoms with Crippen molar-refractivity contribution in [3.63, 3.8) is 0 Å². The lowest BCUT2D eigenvalue weighted by Gasteiger charge is -2.17. The fourth-order valence-corrected chi connectivity index (χ4v) is 2.67. The minimum Gasteiger partial charge on any atom is -0.388 e. The highest BCUT2D eigenvalue weighted by Crippen LogP contribution is 2.28. The van der Waals surface area contributed by atoms with Crippen molar-refractivity contribution in [3.8, 4) is 0 Å². The molecule has 0 saturated heterocycles. The van der Waals surface area contributed by atoms with Crippen molar-refractivity contribution in [1.29, 1.82) is 0 Å². The number of aryl methyl sites for hydroxylation is 2. The van der Waals surface area contributed by atoms with Crippen molar-refractivity contribution in [1.82, 2.24) is 0 Å². The molecule has 1 nitrogen and oxygen atoms in total. The molecule has 100 valence electrons. The van der Waals surface area contributed by atoms with E-state index in [1.54, 1.807) is 12.1 Å². The molecule has 0 aromatic heterocycles. The molecule has 1 N–H and O–H groups in total. The van der Waals surface area contributed by atoms with Gasteiger partial charge < -0.3 is 5.11 Å². The Bertz CT molecular complexity index is 573. The molecule has 0 amide bonds. The summed E-state index contributed by atoms with van der Waals surface area (Å²) in [6.45, 7) is 4.03. The molecule has 3 heteroatoms. The standard InChI is InChI=1S/C16H16Cl2O/c1-10-4-3-5-11(2)16(10)15(19)9-12-6-7-13(17)14(18)8-12/h3-8,15,19H,9H2,1-2H3. The number of aliphatic hydroxyl groups excluding tert-OH is 1. The molecule has 0 bridgehead atoms. The lowest BCUT2D eigenvalue weighted by atomic mass is 9.94. The fraction of sp³-hybridized carbons (Fsp3) is 0.250. The lowest BCUT2D eigenvalue weighted by molar-refractivity contribution is 0.177. The van der Waals surface area contributed by atoms with E-state index in [2.05, 4.69) is 0 Å². The Morgan fingerprint density at radius 3 is 2.21 bits per heavy atom. The highest BCUT2D eigenvalue weighted by Gasteiger charge is 2.14. The van der Waals surface area contributed by atoms with Gasteiger partial charge in [-0.1, -0.05) is 47.5 Å². The van der Waals surface area contributed by atoms with E-state index in [1.165, 1.54) is 0 Å². The van der Waals surface area contributed by atoms with Gasteiger partial charge in [0.2, 0.25) is 0 Å². The predicted molar refractivity (Wildman–Crippen MR) is 81.0 cm³/mol. The van der Waals surface area contributed by atoms with Crippen LogP contribution in [0, 0.1) is 13.8 Å². The van der Waals surface area contributed by atoms with E-state index in [4.69, 9.17) is 23.2 Å². The van der Waals surface area contributed by atoms with Crippen LogP contribution in [0.2, 0.25) is 10.0 Å². The highest BCUT2D eigenvalue weighted by atomic mass is 35.5. The van der Waals surface area contributed by atoms with Gasteiger partial charge in [0.15, 0.2) is 0 Å². The summed E-state index contributed by atoms with van der Waals surface area (Å²) in [5.41, 5.74) is 4.18. The first-order valence-corrected chi connectivity index (χ1v) is 6.92. The Morgan fingerprint density at radius 1 is 1.00 bits per heavy atom. The lowest BCUT2D eigenvalue weighted by Crippen LogP contribution is -2.06. The van der Waals surface area contributed by atoms with Crippen LogP contribution >= 0.6 is 23.2 Å². The van der Waals surface area contributed by atoms with Gasteiger partial charge in [-0.3, -0.25) is 0 Å². The molecule has 0 aliphatic rings. The average molecular weight is 295 g/mol. The van der Waals surface area contributed by atoms with Crippen LogP contribution in [-0.2, 0) is 6.42 Å². The normalized spacial score (nSPS) is 12.5. The van der Waals surface area contributed by atoms with Gasteiger partial charge in [0, 0.05) is 6.42 Å². The SMILES string of the molecule is Cc1cccc(C)c1C(O)Cc1ccc(Cl)c(Cl)c1. The van der Waals surface area contributed by atoms with Gasteiger partial charge in [-0.05, 0) is 48.2 Å². The molecule has 0 aliphatic carbocycles. The van der Waals surface area contributed by atoms with Crippen LogP contribution in [0.5, 0.6) is 0 Å². The van der Waals surface area contributed by atoms with Crippen LogP contribution in [0.3, 0.4) is 0 Å². The van der Waals surface area contributed by atoms with Crippen molar-refractivity contribution in [2.75, 3.05) is 0 Å². The zero-order valence-electron chi connectivity index (χ0n) is 11.0. The molecule has 2 aromatic carbocycles. The number of benzene rings is 2. The number of rotatable bonds is 3. The summed E-state index contributed by atoms with van der Waals surface area (Å²) in [6, 6.07) is 11.5. The van der Waals surface area contributed by atoms with Crippen LogP contribution in [0.15, 0.2) is 36.4 Å². The maximum absolute atomic E-state index is 10.4. The van der Waals surface area contributed by atoms with Crippen molar-refractivity contribution in [3.05, 3.63) is 68.7 Å². The summed E-state index contributed by atoms with van der Waals surface area (Å²) in [7, 11) is 0. The minimum absolute atomic E-state index is 0.521. The summed E-state index contributed by atoms with van der Waals surface area (Å²) >= 11 is 11.9. The van der Waals surface area contributed by atoms with E-state index >= 15 is 0 Å². The smallest absolute Gasteiger partial charge is 0.0835 e. The predicted octanol–water partition coefficient (Wildman–Crippen LogP) is 4.89. The first-order valence-electron chi connectivity index (χ1n) is 6.17. The van der Waals surface area contributed by atoms with Gasteiger partial charge in [0.05, 0.1) is 16.1 Å². The molecule has 0 fully saturated rings. The van der Waals surface area contributed by atoms with E-state index in [0.29, 0.717) is 16.5 Å². The third-order valence-electron chi connectivity index (χ3n) is 3.29. The van der Waals surface area contributed by atoms with Crippen LogP contribution in [0.4, 0.5) is 0 Å². The van der Waals surface area contributed by atoms with Crippen molar-refractivity contribution in [2.45, 2.75) is 26.4 Å². The van der Waals surface area contributed by atoms with Crippen LogP contribution < -0.4 is 0 Å². The topological polar surface area (TPSA) is 20.2 Å². The Kier molecular flexibility index (Phi) is 4.51. The Balaban J connectivity index is 2.25. The van der Waals surface area contributed by atoms with Gasteiger partial charge >= 0.3 is 0 Å². The van der Waals surface area contributed by atoms with Crippen LogP contribution in [-0.4, -0.2) is 5.11 Å². The first-order chi connectivity index (χ1) is 8.99. The van der Waals surface area contributed by atoms with Gasteiger partial charge in [0.1, 0.15) is 0 Å². The molecule has 19 heavy (non-hydrogen) atoms. The number of aliphatic hydroxyl groups is 1. The summed E-state index contributed by atoms with van der Waals surface area (Å²) in [5, 5.41) is 11.5. The largest absolute Gasteiger partial charge is 0.388 e. The summed E-state index contributed by atoms with van der Waals surface area (Å²) in [5.74, 6) is 0. The second-order valence-corrected chi connectivity index (χ2v) is 5.59. The Labute approximate surface area is 123 Å². The summed E-state index contributed by atoms with van der Waals surface area (Å²) in [6.07, 6.45) is 0.00112. The summed E-state index contributed by atoms with van der Waals surface area (Å²) < 4.78 is 0. The molecule has 0 heterocycles. The van der Waals surface area contributed by atoms with E-state index in [0.717, 1.165) is 22.3 Å². The van der Waals surface area contributed by atoms with E-state index in [-0.39, 0.29) is 0 Å². The van der Waals surface area contributed by atoms with Crippen molar-refractivity contribution >= 4 is 23.2 Å². The third kappa shape index (κ3) is 3.30. The van der Waals surface area contributed by atoms with Gasteiger partial charge in [0.25, 0.3) is 0 Å². The maximum atomic E-state index is 10.4. The Morgan fingerprint density at radius 2 is 1.63 bits per heavy atom. The second kappa shape index (κ2) is 5.96. The average Bonchev–Trinajstić information content (AvgIpc) is 2.33. The number of hydrogen-bond acceptors (Lipinski definition) is 1. The van der Waals surface area contributed by atoms with Gasteiger partial charge in [-0.2, -0.15) is 0 Å². The maximum Gasteiger partial charge on any atom is 0.0835 e. The van der Waals surface area contributed by atoms with E-state index in [9.17, 15) is 5.11 Å². The minimum atomic E-state index is -0.529.